The lowest BCUT2D eigenvalue weighted by Gasteiger charge is -2.18. The zero-order valence-corrected chi connectivity index (χ0v) is 10.2. The Morgan fingerprint density at radius 2 is 2.00 bits per heavy atom. The van der Waals surface area contributed by atoms with Gasteiger partial charge < -0.3 is 5.32 Å². The zero-order chi connectivity index (χ0) is 12.5. The zero-order valence-electron chi connectivity index (χ0n) is 9.42. The Balaban J connectivity index is 2.15. The van der Waals surface area contributed by atoms with Gasteiger partial charge in [-0.25, -0.2) is 0 Å². The lowest BCUT2D eigenvalue weighted by atomic mass is 10.1. The molecular weight excluding hydrogens is 247 g/mol. The van der Waals surface area contributed by atoms with Crippen LogP contribution >= 0.6 is 11.8 Å². The molecule has 1 saturated heterocycles. The van der Waals surface area contributed by atoms with Crippen molar-refractivity contribution in [1.29, 1.82) is 0 Å². The Labute approximate surface area is 103 Å². The molecule has 1 nitrogen and oxygen atoms in total. The fourth-order valence-electron chi connectivity index (χ4n) is 1.99. The highest BCUT2D eigenvalue weighted by atomic mass is 32.2. The van der Waals surface area contributed by atoms with Crippen molar-refractivity contribution >= 4 is 17.4 Å². The van der Waals surface area contributed by atoms with Crippen LogP contribution in [0, 0.1) is 0 Å². The molecule has 2 unspecified atom stereocenters. The van der Waals surface area contributed by atoms with Crippen molar-refractivity contribution in [3.8, 4) is 0 Å². The monoisotopic (exact) mass is 261 g/mol. The molecule has 0 saturated carbocycles. The van der Waals surface area contributed by atoms with Crippen molar-refractivity contribution in [3.05, 3.63) is 29.8 Å². The van der Waals surface area contributed by atoms with Gasteiger partial charge in [0, 0.05) is 22.7 Å². The summed E-state index contributed by atoms with van der Waals surface area (Å²) in [5.41, 5.74) is -0.385. The summed E-state index contributed by atoms with van der Waals surface area (Å²) in [6.45, 7) is 2.10. The summed E-state index contributed by atoms with van der Waals surface area (Å²) >= 11 is 1.79. The standard InChI is InChI=1S/C12H14F3NS/c1-8-6-9(7-17-8)16-11-5-3-2-4-10(11)12(13,14)15/h2-5,8-9,16H,6-7H2,1H3. The number of halogens is 3. The van der Waals surface area contributed by atoms with Crippen molar-refractivity contribution in [2.75, 3.05) is 11.1 Å². The van der Waals surface area contributed by atoms with Gasteiger partial charge in [0.25, 0.3) is 0 Å². The van der Waals surface area contributed by atoms with Crippen LogP contribution < -0.4 is 5.32 Å². The minimum absolute atomic E-state index is 0.137. The third-order valence-electron chi connectivity index (χ3n) is 2.79. The number of anilines is 1. The van der Waals surface area contributed by atoms with Crippen molar-refractivity contribution < 1.29 is 13.2 Å². The molecule has 5 heteroatoms. The highest BCUT2D eigenvalue weighted by molar-refractivity contribution is 8.00. The number of para-hydroxylation sites is 1. The molecule has 0 bridgehead atoms. The van der Waals surface area contributed by atoms with E-state index in [1.165, 1.54) is 12.1 Å². The maximum absolute atomic E-state index is 12.8. The number of thioether (sulfide) groups is 1. The summed E-state index contributed by atoms with van der Waals surface area (Å²) in [5, 5.41) is 3.52. The highest BCUT2D eigenvalue weighted by Crippen LogP contribution is 2.36. The first-order valence-corrected chi connectivity index (χ1v) is 6.56. The van der Waals surface area contributed by atoms with Crippen molar-refractivity contribution in [3.63, 3.8) is 0 Å². The number of benzene rings is 1. The van der Waals surface area contributed by atoms with E-state index in [9.17, 15) is 13.2 Å². The summed E-state index contributed by atoms with van der Waals surface area (Å²) < 4.78 is 38.3. The van der Waals surface area contributed by atoms with Crippen LogP contribution in [0.2, 0.25) is 0 Å². The Hall–Kier alpha value is -0.840. The van der Waals surface area contributed by atoms with Gasteiger partial charge in [0.2, 0.25) is 0 Å². The Morgan fingerprint density at radius 3 is 2.59 bits per heavy atom. The molecule has 0 radical (unpaired) electrons. The molecule has 1 fully saturated rings. The molecule has 1 aromatic carbocycles. The largest absolute Gasteiger partial charge is 0.418 e. The quantitative estimate of drug-likeness (QED) is 0.863. The second-order valence-electron chi connectivity index (χ2n) is 4.26. The van der Waals surface area contributed by atoms with Crippen LogP contribution in [-0.4, -0.2) is 17.0 Å². The molecule has 1 aliphatic heterocycles. The molecule has 1 N–H and O–H groups in total. The molecule has 2 atom stereocenters. The van der Waals surface area contributed by atoms with Gasteiger partial charge in [-0.3, -0.25) is 0 Å². The normalized spacial score (nSPS) is 24.9. The van der Waals surface area contributed by atoms with Gasteiger partial charge >= 0.3 is 6.18 Å². The molecule has 0 amide bonds. The van der Waals surface area contributed by atoms with E-state index in [1.807, 2.05) is 0 Å². The second kappa shape index (κ2) is 4.80. The van der Waals surface area contributed by atoms with Gasteiger partial charge in [0.1, 0.15) is 0 Å². The van der Waals surface area contributed by atoms with E-state index < -0.39 is 11.7 Å². The van der Waals surface area contributed by atoms with Gasteiger partial charge in [0.05, 0.1) is 5.56 Å². The van der Waals surface area contributed by atoms with E-state index in [2.05, 4.69) is 12.2 Å². The number of hydrogen-bond donors (Lipinski definition) is 1. The first-order chi connectivity index (χ1) is 7.97. The number of alkyl halides is 3. The summed E-state index contributed by atoms with van der Waals surface area (Å²) in [6, 6.07) is 5.80. The Bertz CT molecular complexity index is 392. The summed E-state index contributed by atoms with van der Waals surface area (Å²) in [6.07, 6.45) is -3.38. The maximum atomic E-state index is 12.8. The number of hydrogen-bond acceptors (Lipinski definition) is 2. The lowest BCUT2D eigenvalue weighted by Crippen LogP contribution is -2.21. The SMILES string of the molecule is CC1CC(Nc2ccccc2C(F)(F)F)CS1. The number of rotatable bonds is 2. The van der Waals surface area contributed by atoms with Gasteiger partial charge in [0.15, 0.2) is 0 Å². The molecule has 1 aromatic rings. The van der Waals surface area contributed by atoms with Crippen molar-refractivity contribution in [2.24, 2.45) is 0 Å². The van der Waals surface area contributed by atoms with E-state index in [-0.39, 0.29) is 11.7 Å². The van der Waals surface area contributed by atoms with E-state index in [0.717, 1.165) is 18.2 Å². The molecule has 0 spiro atoms. The third kappa shape index (κ3) is 3.09. The van der Waals surface area contributed by atoms with Crippen molar-refractivity contribution in [1.82, 2.24) is 0 Å². The summed E-state index contributed by atoms with van der Waals surface area (Å²) in [5.74, 6) is 0.868. The highest BCUT2D eigenvalue weighted by Gasteiger charge is 2.34. The Kier molecular flexibility index (Phi) is 3.56. The van der Waals surface area contributed by atoms with E-state index in [0.29, 0.717) is 5.25 Å². The summed E-state index contributed by atoms with van der Waals surface area (Å²) in [7, 11) is 0. The minimum atomic E-state index is -4.29. The van der Waals surface area contributed by atoms with Crippen LogP contribution in [0.5, 0.6) is 0 Å². The Morgan fingerprint density at radius 1 is 1.29 bits per heavy atom. The molecule has 1 aliphatic rings. The van der Waals surface area contributed by atoms with E-state index in [4.69, 9.17) is 0 Å². The molecular formula is C12H14F3NS. The van der Waals surface area contributed by atoms with Crippen LogP contribution in [0.25, 0.3) is 0 Å². The first-order valence-electron chi connectivity index (χ1n) is 5.51. The van der Waals surface area contributed by atoms with Crippen LogP contribution in [0.15, 0.2) is 24.3 Å². The van der Waals surface area contributed by atoms with Gasteiger partial charge in [-0.2, -0.15) is 24.9 Å². The smallest absolute Gasteiger partial charge is 0.381 e. The molecule has 94 valence electrons. The van der Waals surface area contributed by atoms with Crippen LogP contribution in [0.1, 0.15) is 18.9 Å². The van der Waals surface area contributed by atoms with Crippen LogP contribution in [0.4, 0.5) is 18.9 Å². The fourth-order valence-corrected chi connectivity index (χ4v) is 3.14. The summed E-state index contributed by atoms with van der Waals surface area (Å²) in [4.78, 5) is 0. The predicted octanol–water partition coefficient (Wildman–Crippen LogP) is 4.01. The van der Waals surface area contributed by atoms with Crippen molar-refractivity contribution in [2.45, 2.75) is 30.8 Å². The minimum Gasteiger partial charge on any atom is -0.381 e. The first kappa shape index (κ1) is 12.6. The van der Waals surface area contributed by atoms with E-state index >= 15 is 0 Å². The molecule has 2 rings (SSSR count). The van der Waals surface area contributed by atoms with Gasteiger partial charge in [-0.05, 0) is 18.6 Å². The molecule has 1 heterocycles. The maximum Gasteiger partial charge on any atom is 0.418 e. The average Bonchev–Trinajstić information content (AvgIpc) is 2.63. The molecule has 0 aromatic heterocycles. The second-order valence-corrected chi connectivity index (χ2v) is 5.74. The lowest BCUT2D eigenvalue weighted by molar-refractivity contribution is -0.137. The van der Waals surface area contributed by atoms with E-state index in [1.54, 1.807) is 17.8 Å². The van der Waals surface area contributed by atoms with Gasteiger partial charge in [-0.15, -0.1) is 0 Å². The average molecular weight is 261 g/mol. The van der Waals surface area contributed by atoms with Crippen LogP contribution in [0.3, 0.4) is 0 Å². The van der Waals surface area contributed by atoms with Gasteiger partial charge in [-0.1, -0.05) is 19.1 Å². The predicted molar refractivity (Wildman–Crippen MR) is 65.4 cm³/mol. The third-order valence-corrected chi connectivity index (χ3v) is 4.15. The topological polar surface area (TPSA) is 12.0 Å². The molecule has 17 heavy (non-hydrogen) atoms. The fraction of sp³-hybridized carbons (Fsp3) is 0.500. The molecule has 0 aliphatic carbocycles. The van der Waals surface area contributed by atoms with Crippen LogP contribution in [-0.2, 0) is 6.18 Å². The number of nitrogens with one attached hydrogen (secondary N) is 1.